The molecule has 0 aromatic carbocycles. The van der Waals surface area contributed by atoms with E-state index >= 15 is 0 Å². The molecule has 6 nitrogen and oxygen atoms in total. The maximum atomic E-state index is 4.00. The number of aromatic amines is 1. The standard InChI is InChI=1S/C9H12N6/c1-6-7-2-3-8(9-11-13-14-12-9)15(7)5-4-10-6/h2-3,6,10H,4-5H2,1H3,(H,11,12,13,14)/t6-/m1/s1. The maximum absolute atomic E-state index is 4.00. The fourth-order valence-electron chi connectivity index (χ4n) is 2.07. The third kappa shape index (κ3) is 1.25. The van der Waals surface area contributed by atoms with Gasteiger partial charge in [-0.2, -0.15) is 5.21 Å². The molecular weight excluding hydrogens is 192 g/mol. The third-order valence-corrected chi connectivity index (χ3v) is 2.82. The quantitative estimate of drug-likeness (QED) is 0.702. The summed E-state index contributed by atoms with van der Waals surface area (Å²) in [4.78, 5) is 0. The zero-order valence-electron chi connectivity index (χ0n) is 8.44. The highest BCUT2D eigenvalue weighted by Crippen LogP contribution is 2.24. The molecule has 2 aromatic rings. The van der Waals surface area contributed by atoms with Crippen LogP contribution in [0.1, 0.15) is 18.7 Å². The number of fused-ring (bicyclic) bond motifs is 1. The Kier molecular flexibility index (Phi) is 1.81. The van der Waals surface area contributed by atoms with Crippen molar-refractivity contribution in [3.8, 4) is 11.5 Å². The van der Waals surface area contributed by atoms with Gasteiger partial charge in [0, 0.05) is 24.8 Å². The number of H-pyrrole nitrogens is 1. The molecule has 1 atom stereocenters. The van der Waals surface area contributed by atoms with Crippen LogP contribution >= 0.6 is 0 Å². The van der Waals surface area contributed by atoms with Crippen molar-refractivity contribution in [2.75, 3.05) is 6.54 Å². The van der Waals surface area contributed by atoms with Crippen LogP contribution in [-0.4, -0.2) is 31.7 Å². The number of rotatable bonds is 1. The lowest BCUT2D eigenvalue weighted by Gasteiger charge is -2.24. The second kappa shape index (κ2) is 3.16. The van der Waals surface area contributed by atoms with Crippen LogP contribution in [0.25, 0.3) is 11.5 Å². The van der Waals surface area contributed by atoms with Gasteiger partial charge in [-0.1, -0.05) is 0 Å². The number of hydrogen-bond donors (Lipinski definition) is 2. The molecule has 0 aliphatic carbocycles. The Morgan fingerprint density at radius 1 is 1.47 bits per heavy atom. The topological polar surface area (TPSA) is 71.4 Å². The summed E-state index contributed by atoms with van der Waals surface area (Å²) in [5.74, 6) is 0.662. The highest BCUT2D eigenvalue weighted by atomic mass is 15.5. The van der Waals surface area contributed by atoms with Crippen molar-refractivity contribution in [2.45, 2.75) is 19.5 Å². The van der Waals surface area contributed by atoms with Gasteiger partial charge >= 0.3 is 0 Å². The average molecular weight is 204 g/mol. The van der Waals surface area contributed by atoms with Crippen LogP contribution < -0.4 is 5.32 Å². The molecule has 0 spiro atoms. The SMILES string of the molecule is C[C@H]1NCCn2c(-c3nn[nH]n3)ccc21. The summed E-state index contributed by atoms with van der Waals surface area (Å²) in [5, 5.41) is 17.5. The smallest absolute Gasteiger partial charge is 0.221 e. The second-order valence-electron chi connectivity index (χ2n) is 3.71. The van der Waals surface area contributed by atoms with E-state index in [1.54, 1.807) is 0 Å². The van der Waals surface area contributed by atoms with Gasteiger partial charge in [0.2, 0.25) is 5.82 Å². The molecular formula is C9H12N6. The maximum Gasteiger partial charge on any atom is 0.221 e. The Bertz CT molecular complexity index is 457. The van der Waals surface area contributed by atoms with Crippen LogP contribution in [0, 0.1) is 0 Å². The lowest BCUT2D eigenvalue weighted by atomic mass is 10.2. The summed E-state index contributed by atoms with van der Waals surface area (Å²) in [6, 6.07) is 4.55. The molecule has 0 fully saturated rings. The summed E-state index contributed by atoms with van der Waals surface area (Å²) >= 11 is 0. The van der Waals surface area contributed by atoms with Crippen molar-refractivity contribution in [3.05, 3.63) is 17.8 Å². The number of nitrogens with one attached hydrogen (secondary N) is 2. The van der Waals surface area contributed by atoms with E-state index < -0.39 is 0 Å². The largest absolute Gasteiger partial charge is 0.339 e. The number of aromatic nitrogens is 5. The predicted octanol–water partition coefficient (Wildman–Crippen LogP) is 0.332. The molecule has 0 unspecified atom stereocenters. The molecule has 15 heavy (non-hydrogen) atoms. The monoisotopic (exact) mass is 204 g/mol. The molecule has 3 heterocycles. The van der Waals surface area contributed by atoms with Crippen molar-refractivity contribution in [3.63, 3.8) is 0 Å². The zero-order chi connectivity index (χ0) is 10.3. The fraction of sp³-hybridized carbons (Fsp3) is 0.444. The first-order valence-electron chi connectivity index (χ1n) is 5.03. The second-order valence-corrected chi connectivity index (χ2v) is 3.71. The van der Waals surface area contributed by atoms with Gasteiger partial charge < -0.3 is 9.88 Å². The third-order valence-electron chi connectivity index (χ3n) is 2.82. The van der Waals surface area contributed by atoms with Gasteiger partial charge in [0.1, 0.15) is 0 Å². The Labute approximate surface area is 86.7 Å². The summed E-state index contributed by atoms with van der Waals surface area (Å²) in [7, 11) is 0. The van der Waals surface area contributed by atoms with Gasteiger partial charge in [0.05, 0.1) is 5.69 Å². The van der Waals surface area contributed by atoms with Crippen LogP contribution in [0.5, 0.6) is 0 Å². The van der Waals surface area contributed by atoms with Crippen molar-refractivity contribution < 1.29 is 0 Å². The Hall–Kier alpha value is -1.69. The molecule has 78 valence electrons. The van der Waals surface area contributed by atoms with Gasteiger partial charge in [0.25, 0.3) is 0 Å². The van der Waals surface area contributed by atoms with Crippen molar-refractivity contribution in [1.29, 1.82) is 0 Å². The van der Waals surface area contributed by atoms with E-state index in [4.69, 9.17) is 0 Å². The molecule has 0 amide bonds. The van der Waals surface area contributed by atoms with Crippen LogP contribution in [0.2, 0.25) is 0 Å². The molecule has 3 rings (SSSR count). The molecule has 0 radical (unpaired) electrons. The molecule has 2 N–H and O–H groups in total. The lowest BCUT2D eigenvalue weighted by Crippen LogP contribution is -2.31. The minimum atomic E-state index is 0.388. The fourth-order valence-corrected chi connectivity index (χ4v) is 2.07. The number of tetrazole rings is 1. The molecule has 6 heteroatoms. The summed E-state index contributed by atoms with van der Waals surface area (Å²) in [6.07, 6.45) is 0. The van der Waals surface area contributed by atoms with Crippen molar-refractivity contribution in [1.82, 2.24) is 30.5 Å². The van der Waals surface area contributed by atoms with Crippen LogP contribution in [0.4, 0.5) is 0 Å². The average Bonchev–Trinajstić information content (AvgIpc) is 2.85. The van der Waals surface area contributed by atoms with Crippen molar-refractivity contribution in [2.24, 2.45) is 0 Å². The highest BCUT2D eigenvalue weighted by Gasteiger charge is 2.20. The van der Waals surface area contributed by atoms with Gasteiger partial charge in [-0.3, -0.25) is 0 Å². The molecule has 1 aliphatic heterocycles. The van der Waals surface area contributed by atoms with Gasteiger partial charge in [0.15, 0.2) is 0 Å². The number of nitrogens with zero attached hydrogens (tertiary/aromatic N) is 4. The Morgan fingerprint density at radius 3 is 3.20 bits per heavy atom. The molecule has 1 aliphatic rings. The van der Waals surface area contributed by atoms with E-state index in [1.807, 2.05) is 6.07 Å². The van der Waals surface area contributed by atoms with Gasteiger partial charge in [-0.25, -0.2) is 0 Å². The van der Waals surface area contributed by atoms with Crippen LogP contribution in [0.15, 0.2) is 12.1 Å². The van der Waals surface area contributed by atoms with E-state index in [-0.39, 0.29) is 0 Å². The Balaban J connectivity index is 2.11. The summed E-state index contributed by atoms with van der Waals surface area (Å²) in [5.41, 5.74) is 2.31. The van der Waals surface area contributed by atoms with Gasteiger partial charge in [-0.15, -0.1) is 10.2 Å². The van der Waals surface area contributed by atoms with Crippen LogP contribution in [0.3, 0.4) is 0 Å². The molecule has 0 bridgehead atoms. The molecule has 0 saturated heterocycles. The minimum absolute atomic E-state index is 0.388. The van der Waals surface area contributed by atoms with E-state index in [9.17, 15) is 0 Å². The summed E-state index contributed by atoms with van der Waals surface area (Å²) < 4.78 is 2.24. The first-order valence-corrected chi connectivity index (χ1v) is 5.03. The first-order chi connectivity index (χ1) is 7.36. The molecule has 0 saturated carbocycles. The van der Waals surface area contributed by atoms with Crippen molar-refractivity contribution >= 4 is 0 Å². The zero-order valence-corrected chi connectivity index (χ0v) is 8.44. The highest BCUT2D eigenvalue weighted by molar-refractivity contribution is 5.51. The normalized spacial score (nSPS) is 20.2. The Morgan fingerprint density at radius 2 is 2.40 bits per heavy atom. The lowest BCUT2D eigenvalue weighted by molar-refractivity contribution is 0.450. The van der Waals surface area contributed by atoms with E-state index in [1.165, 1.54) is 5.69 Å². The first kappa shape index (κ1) is 8.60. The minimum Gasteiger partial charge on any atom is -0.339 e. The van der Waals surface area contributed by atoms with E-state index in [0.29, 0.717) is 11.9 Å². The van der Waals surface area contributed by atoms with Gasteiger partial charge in [-0.05, 0) is 24.3 Å². The van der Waals surface area contributed by atoms with E-state index in [0.717, 1.165) is 18.8 Å². The molecule has 2 aromatic heterocycles. The predicted molar refractivity (Wildman–Crippen MR) is 54.0 cm³/mol. The van der Waals surface area contributed by atoms with Crippen LogP contribution in [-0.2, 0) is 6.54 Å². The van der Waals surface area contributed by atoms with E-state index in [2.05, 4.69) is 43.5 Å². The summed E-state index contributed by atoms with van der Waals surface area (Å²) in [6.45, 7) is 4.09. The number of hydrogen-bond acceptors (Lipinski definition) is 4.